The minimum Gasteiger partial charge on any atom is -0.479 e. The number of hydrogen-bond donors (Lipinski definition) is 2. The second-order valence-electron chi connectivity index (χ2n) is 4.92. The normalized spacial score (nSPS) is 21.4. The molecule has 0 spiro atoms. The van der Waals surface area contributed by atoms with E-state index < -0.39 is 30.1 Å². The summed E-state index contributed by atoms with van der Waals surface area (Å²) in [5.41, 5.74) is -1.34. The lowest BCUT2D eigenvalue weighted by atomic mass is 10.1. The smallest absolute Gasteiger partial charge is 0.341 e. The Morgan fingerprint density at radius 3 is 2.95 bits per heavy atom. The zero-order chi connectivity index (χ0) is 15.4. The van der Waals surface area contributed by atoms with Gasteiger partial charge in [0.05, 0.1) is 12.3 Å². The molecule has 116 valence electrons. The fourth-order valence-corrected chi connectivity index (χ4v) is 2.35. The summed E-state index contributed by atoms with van der Waals surface area (Å²) in [6, 6.07) is 0. The average molecular weight is 298 g/mol. The molecule has 1 saturated heterocycles. The van der Waals surface area contributed by atoms with Crippen LogP contribution in [0.25, 0.3) is 0 Å². The van der Waals surface area contributed by atoms with E-state index in [1.807, 2.05) is 0 Å². The van der Waals surface area contributed by atoms with Crippen molar-refractivity contribution in [2.45, 2.75) is 44.9 Å². The molecule has 2 unspecified atom stereocenters. The van der Waals surface area contributed by atoms with Gasteiger partial charge in [0.25, 0.3) is 5.56 Å². The summed E-state index contributed by atoms with van der Waals surface area (Å²) >= 11 is 0. The minimum absolute atomic E-state index is 0.0993. The van der Waals surface area contributed by atoms with Gasteiger partial charge >= 0.3 is 11.7 Å². The van der Waals surface area contributed by atoms with Crippen LogP contribution in [0.4, 0.5) is 0 Å². The molecule has 1 aliphatic heterocycles. The van der Waals surface area contributed by atoms with Crippen LogP contribution in [0.3, 0.4) is 0 Å². The van der Waals surface area contributed by atoms with Gasteiger partial charge in [0.15, 0.2) is 6.61 Å². The number of nitrogens with zero attached hydrogens (tertiary/aromatic N) is 1. The van der Waals surface area contributed by atoms with Gasteiger partial charge in [0, 0.05) is 0 Å². The molecule has 1 fully saturated rings. The zero-order valence-corrected chi connectivity index (χ0v) is 11.7. The Balaban J connectivity index is 2.20. The minimum atomic E-state index is -1.20. The zero-order valence-electron chi connectivity index (χ0n) is 11.7. The number of ether oxygens (including phenoxy) is 2. The monoisotopic (exact) mass is 298 g/mol. The second kappa shape index (κ2) is 6.57. The molecule has 0 amide bonds. The number of rotatable bonds is 6. The predicted molar refractivity (Wildman–Crippen MR) is 72.5 cm³/mol. The summed E-state index contributed by atoms with van der Waals surface area (Å²) in [5.74, 6) is -1.41. The number of aliphatic carboxylic acids is 1. The summed E-state index contributed by atoms with van der Waals surface area (Å²) < 4.78 is 11.9. The number of hydrogen-bond acceptors (Lipinski definition) is 5. The Hall–Kier alpha value is -2.09. The first kappa shape index (κ1) is 15.3. The van der Waals surface area contributed by atoms with E-state index in [9.17, 15) is 14.4 Å². The number of nitrogens with one attached hydrogen (secondary N) is 1. The van der Waals surface area contributed by atoms with Crippen molar-refractivity contribution >= 4 is 5.97 Å². The van der Waals surface area contributed by atoms with Gasteiger partial charge in [-0.3, -0.25) is 14.3 Å². The van der Waals surface area contributed by atoms with E-state index in [0.29, 0.717) is 6.42 Å². The van der Waals surface area contributed by atoms with Crippen molar-refractivity contribution in [2.75, 3.05) is 6.61 Å². The van der Waals surface area contributed by atoms with E-state index in [4.69, 9.17) is 14.6 Å². The van der Waals surface area contributed by atoms with Crippen molar-refractivity contribution in [1.29, 1.82) is 0 Å². The van der Waals surface area contributed by atoms with Crippen LogP contribution < -0.4 is 16.0 Å². The molecule has 2 rings (SSSR count). The molecule has 0 aliphatic carbocycles. The molecular formula is C13H18N2O6. The molecule has 2 N–H and O–H groups in total. The van der Waals surface area contributed by atoms with Gasteiger partial charge in [-0.25, -0.2) is 9.59 Å². The van der Waals surface area contributed by atoms with Crippen LogP contribution in [0.1, 0.15) is 38.8 Å². The van der Waals surface area contributed by atoms with Crippen molar-refractivity contribution in [2.24, 2.45) is 0 Å². The summed E-state index contributed by atoms with van der Waals surface area (Å²) in [6.45, 7) is 1.41. The van der Waals surface area contributed by atoms with Gasteiger partial charge in [-0.05, 0) is 19.3 Å². The third-order valence-electron chi connectivity index (χ3n) is 3.29. The number of carbonyl (C=O) groups is 1. The van der Waals surface area contributed by atoms with Crippen LogP contribution in [0.2, 0.25) is 0 Å². The number of aromatic amines is 1. The molecule has 0 aromatic carbocycles. The van der Waals surface area contributed by atoms with E-state index in [1.165, 1.54) is 10.8 Å². The molecular weight excluding hydrogens is 280 g/mol. The summed E-state index contributed by atoms with van der Waals surface area (Å²) in [5, 5.41) is 8.56. The van der Waals surface area contributed by atoms with Crippen LogP contribution in [0.5, 0.6) is 5.75 Å². The van der Waals surface area contributed by atoms with Gasteiger partial charge in [-0.15, -0.1) is 0 Å². The number of aromatic nitrogens is 2. The van der Waals surface area contributed by atoms with Gasteiger partial charge in [0.2, 0.25) is 5.75 Å². The molecule has 0 saturated carbocycles. The van der Waals surface area contributed by atoms with Crippen molar-refractivity contribution in [1.82, 2.24) is 9.55 Å². The Bertz CT molecular complexity index is 620. The van der Waals surface area contributed by atoms with Crippen LogP contribution >= 0.6 is 0 Å². The maximum Gasteiger partial charge on any atom is 0.341 e. The number of carboxylic acid groups (broad SMARTS) is 1. The predicted octanol–water partition coefficient (Wildman–Crippen LogP) is 0.478. The molecule has 0 bridgehead atoms. The lowest BCUT2D eigenvalue weighted by Crippen LogP contribution is -2.33. The second-order valence-corrected chi connectivity index (χ2v) is 4.92. The first-order chi connectivity index (χ1) is 10.0. The Labute approximate surface area is 120 Å². The summed E-state index contributed by atoms with van der Waals surface area (Å²) in [6.07, 6.45) is 4.26. The van der Waals surface area contributed by atoms with Crippen LogP contribution in [-0.4, -0.2) is 33.3 Å². The van der Waals surface area contributed by atoms with E-state index in [2.05, 4.69) is 11.9 Å². The SMILES string of the molecule is CCCC1CCC(n2cc(OCC(=O)O)c(=O)[nH]c2=O)O1. The fourth-order valence-electron chi connectivity index (χ4n) is 2.35. The van der Waals surface area contributed by atoms with Crippen LogP contribution in [0, 0.1) is 0 Å². The molecule has 2 atom stereocenters. The number of carboxylic acids is 1. The first-order valence-electron chi connectivity index (χ1n) is 6.86. The van der Waals surface area contributed by atoms with E-state index in [1.54, 1.807) is 0 Å². The van der Waals surface area contributed by atoms with Crippen LogP contribution in [-0.2, 0) is 9.53 Å². The Morgan fingerprint density at radius 2 is 2.29 bits per heavy atom. The van der Waals surface area contributed by atoms with Crippen molar-refractivity contribution in [3.8, 4) is 5.75 Å². The average Bonchev–Trinajstić information content (AvgIpc) is 2.86. The molecule has 1 aliphatic rings. The highest BCUT2D eigenvalue weighted by molar-refractivity contribution is 5.68. The lowest BCUT2D eigenvalue weighted by molar-refractivity contribution is -0.139. The highest BCUT2D eigenvalue weighted by atomic mass is 16.5. The van der Waals surface area contributed by atoms with Crippen molar-refractivity contribution < 1.29 is 19.4 Å². The quantitative estimate of drug-likeness (QED) is 0.790. The van der Waals surface area contributed by atoms with Gasteiger partial charge < -0.3 is 14.6 Å². The van der Waals surface area contributed by atoms with E-state index in [-0.39, 0.29) is 11.9 Å². The fraction of sp³-hybridized carbons (Fsp3) is 0.615. The maximum atomic E-state index is 11.8. The largest absolute Gasteiger partial charge is 0.479 e. The van der Waals surface area contributed by atoms with Crippen LogP contribution in [0.15, 0.2) is 15.8 Å². The maximum absolute atomic E-state index is 11.8. The third kappa shape index (κ3) is 3.72. The molecule has 1 aromatic heterocycles. The van der Waals surface area contributed by atoms with Gasteiger partial charge in [0.1, 0.15) is 6.23 Å². The summed E-state index contributed by atoms with van der Waals surface area (Å²) in [7, 11) is 0. The van der Waals surface area contributed by atoms with E-state index in [0.717, 1.165) is 19.3 Å². The third-order valence-corrected chi connectivity index (χ3v) is 3.29. The molecule has 2 heterocycles. The van der Waals surface area contributed by atoms with E-state index >= 15 is 0 Å². The molecule has 0 radical (unpaired) electrons. The molecule has 8 heteroatoms. The Morgan fingerprint density at radius 1 is 1.52 bits per heavy atom. The van der Waals surface area contributed by atoms with Crippen molar-refractivity contribution in [3.05, 3.63) is 27.0 Å². The first-order valence-corrected chi connectivity index (χ1v) is 6.86. The van der Waals surface area contributed by atoms with Gasteiger partial charge in [-0.1, -0.05) is 13.3 Å². The summed E-state index contributed by atoms with van der Waals surface area (Å²) in [4.78, 5) is 36.0. The topological polar surface area (TPSA) is 111 Å². The molecule has 21 heavy (non-hydrogen) atoms. The molecule has 8 nitrogen and oxygen atoms in total. The molecule has 1 aromatic rings. The highest BCUT2D eigenvalue weighted by Crippen LogP contribution is 2.29. The van der Waals surface area contributed by atoms with Crippen molar-refractivity contribution in [3.63, 3.8) is 0 Å². The lowest BCUT2D eigenvalue weighted by Gasteiger charge is -2.16. The van der Waals surface area contributed by atoms with Gasteiger partial charge in [-0.2, -0.15) is 0 Å². The Kier molecular flexibility index (Phi) is 4.79. The standard InChI is InChI=1S/C13H18N2O6/c1-2-3-8-4-5-10(21-8)15-6-9(20-7-11(16)17)12(18)14-13(15)19/h6,8,10H,2-5,7H2,1H3,(H,16,17)(H,14,18,19). The number of H-pyrrole nitrogens is 1. The highest BCUT2D eigenvalue weighted by Gasteiger charge is 2.27.